The molecule has 5 nitrogen and oxygen atoms in total. The Morgan fingerprint density at radius 1 is 0.862 bits per heavy atom. The Kier molecular flexibility index (Phi) is 7.30. The summed E-state index contributed by atoms with van der Waals surface area (Å²) in [5.41, 5.74) is 1.55. The zero-order valence-electron chi connectivity index (χ0n) is 16.0. The summed E-state index contributed by atoms with van der Waals surface area (Å²) in [5, 5.41) is 2.80. The molecule has 0 radical (unpaired) electrons. The van der Waals surface area contributed by atoms with E-state index in [1.165, 1.54) is 12.0 Å². The van der Waals surface area contributed by atoms with Gasteiger partial charge in [-0.15, -0.1) is 11.8 Å². The number of esters is 1. The van der Waals surface area contributed by atoms with E-state index in [4.69, 9.17) is 4.74 Å². The Balaban J connectivity index is 1.47. The van der Waals surface area contributed by atoms with Crippen LogP contribution in [0.3, 0.4) is 0 Å². The first-order valence-electron chi connectivity index (χ1n) is 9.06. The first-order chi connectivity index (χ1) is 14.2. The van der Waals surface area contributed by atoms with Crippen LogP contribution >= 0.6 is 11.8 Å². The van der Waals surface area contributed by atoms with Gasteiger partial charge in [0.05, 0.1) is 19.3 Å². The molecule has 1 N–H and O–H groups in total. The fourth-order valence-electron chi connectivity index (χ4n) is 2.55. The molecular formula is C23H21NO4S. The number of ether oxygens (including phenoxy) is 2. The molecule has 0 atom stereocenters. The van der Waals surface area contributed by atoms with E-state index >= 15 is 0 Å². The number of rotatable bonds is 8. The number of amides is 1. The van der Waals surface area contributed by atoms with E-state index in [1.54, 1.807) is 60.3 Å². The number of carbonyl (C=O) groups excluding carboxylic acids is 2. The van der Waals surface area contributed by atoms with Crippen LogP contribution in [0, 0.1) is 0 Å². The van der Waals surface area contributed by atoms with Crippen LogP contribution in [0.5, 0.6) is 5.75 Å². The third-order valence-corrected chi connectivity index (χ3v) is 5.02. The molecule has 3 aromatic rings. The van der Waals surface area contributed by atoms with Crippen molar-refractivity contribution in [3.05, 3.63) is 90.0 Å². The van der Waals surface area contributed by atoms with Crippen LogP contribution in [0.25, 0.3) is 0 Å². The highest BCUT2D eigenvalue weighted by Crippen LogP contribution is 2.18. The highest BCUT2D eigenvalue weighted by molar-refractivity contribution is 7.99. The van der Waals surface area contributed by atoms with Gasteiger partial charge >= 0.3 is 5.97 Å². The molecule has 0 unspecified atom stereocenters. The second-order valence-corrected chi connectivity index (χ2v) is 7.23. The average Bonchev–Trinajstić information content (AvgIpc) is 2.78. The van der Waals surface area contributed by atoms with Gasteiger partial charge in [0, 0.05) is 21.9 Å². The maximum atomic E-state index is 12.4. The molecule has 0 saturated carbocycles. The summed E-state index contributed by atoms with van der Waals surface area (Å²) in [6, 6.07) is 23.7. The summed E-state index contributed by atoms with van der Waals surface area (Å²) < 4.78 is 10.4. The fraction of sp³-hybridized carbons (Fsp3) is 0.130. The van der Waals surface area contributed by atoms with E-state index in [1.807, 2.05) is 18.2 Å². The molecule has 0 spiro atoms. The number of benzene rings is 3. The van der Waals surface area contributed by atoms with Crippen molar-refractivity contribution in [3.63, 3.8) is 0 Å². The zero-order valence-corrected chi connectivity index (χ0v) is 16.8. The minimum atomic E-state index is -0.416. The van der Waals surface area contributed by atoms with Crippen molar-refractivity contribution in [3.8, 4) is 5.75 Å². The molecule has 0 aliphatic rings. The second-order valence-electron chi connectivity index (χ2n) is 6.06. The lowest BCUT2D eigenvalue weighted by Gasteiger charge is -2.08. The first kappa shape index (κ1) is 20.5. The Bertz CT molecular complexity index is 941. The molecule has 0 fully saturated rings. The summed E-state index contributed by atoms with van der Waals surface area (Å²) in [6.07, 6.45) is 0. The molecular weight excluding hydrogens is 386 g/mol. The van der Waals surface area contributed by atoms with Crippen molar-refractivity contribution < 1.29 is 19.1 Å². The van der Waals surface area contributed by atoms with Gasteiger partial charge in [0.15, 0.2) is 0 Å². The topological polar surface area (TPSA) is 64.6 Å². The SMILES string of the molecule is COC(=O)c1ccc(NC(=O)c2ccc(OCCSc3ccccc3)cc2)cc1. The maximum Gasteiger partial charge on any atom is 0.337 e. The van der Waals surface area contributed by atoms with Gasteiger partial charge in [-0.05, 0) is 60.7 Å². The molecule has 3 aromatic carbocycles. The Morgan fingerprint density at radius 2 is 1.52 bits per heavy atom. The van der Waals surface area contributed by atoms with Gasteiger partial charge < -0.3 is 14.8 Å². The summed E-state index contributed by atoms with van der Waals surface area (Å²) in [5.74, 6) is 0.911. The van der Waals surface area contributed by atoms with Gasteiger partial charge in [-0.1, -0.05) is 18.2 Å². The van der Waals surface area contributed by atoms with E-state index in [0.717, 1.165) is 11.5 Å². The van der Waals surface area contributed by atoms with Crippen LogP contribution in [0.2, 0.25) is 0 Å². The largest absolute Gasteiger partial charge is 0.493 e. The fourth-order valence-corrected chi connectivity index (χ4v) is 3.30. The van der Waals surface area contributed by atoms with Crippen LogP contribution in [0.4, 0.5) is 5.69 Å². The lowest BCUT2D eigenvalue weighted by Crippen LogP contribution is -2.12. The van der Waals surface area contributed by atoms with Crippen molar-refractivity contribution in [2.45, 2.75) is 4.90 Å². The molecule has 1 amide bonds. The molecule has 0 aromatic heterocycles. The number of nitrogens with one attached hydrogen (secondary N) is 1. The zero-order chi connectivity index (χ0) is 20.5. The van der Waals surface area contributed by atoms with Gasteiger partial charge in [0.2, 0.25) is 0 Å². The van der Waals surface area contributed by atoms with E-state index in [9.17, 15) is 9.59 Å². The van der Waals surface area contributed by atoms with E-state index in [-0.39, 0.29) is 5.91 Å². The molecule has 0 saturated heterocycles. The van der Waals surface area contributed by atoms with Gasteiger partial charge in [0.1, 0.15) is 5.75 Å². The first-order valence-corrected chi connectivity index (χ1v) is 10.0. The Labute approximate surface area is 174 Å². The number of hydrogen-bond acceptors (Lipinski definition) is 5. The van der Waals surface area contributed by atoms with E-state index < -0.39 is 5.97 Å². The highest BCUT2D eigenvalue weighted by Gasteiger charge is 2.08. The predicted octanol–water partition coefficient (Wildman–Crippen LogP) is 4.90. The third-order valence-electron chi connectivity index (χ3n) is 4.04. The van der Waals surface area contributed by atoms with Gasteiger partial charge in [0.25, 0.3) is 5.91 Å². The van der Waals surface area contributed by atoms with Crippen LogP contribution in [-0.2, 0) is 4.74 Å². The minimum Gasteiger partial charge on any atom is -0.493 e. The smallest absolute Gasteiger partial charge is 0.337 e. The van der Waals surface area contributed by atoms with Crippen molar-refractivity contribution in [2.75, 3.05) is 24.8 Å². The lowest BCUT2D eigenvalue weighted by atomic mass is 10.1. The third kappa shape index (κ3) is 6.12. The van der Waals surface area contributed by atoms with Crippen molar-refractivity contribution in [1.82, 2.24) is 0 Å². The van der Waals surface area contributed by atoms with Crippen molar-refractivity contribution >= 4 is 29.3 Å². The number of anilines is 1. The summed E-state index contributed by atoms with van der Waals surface area (Å²) in [6.45, 7) is 0.581. The molecule has 29 heavy (non-hydrogen) atoms. The lowest BCUT2D eigenvalue weighted by molar-refractivity contribution is 0.0600. The number of methoxy groups -OCH3 is 1. The molecule has 0 aliphatic heterocycles. The van der Waals surface area contributed by atoms with Crippen LogP contribution in [0.15, 0.2) is 83.8 Å². The average molecular weight is 407 g/mol. The number of thioether (sulfide) groups is 1. The van der Waals surface area contributed by atoms with Gasteiger partial charge in [-0.3, -0.25) is 4.79 Å². The summed E-state index contributed by atoms with van der Waals surface area (Å²) in [4.78, 5) is 25.0. The maximum absolute atomic E-state index is 12.4. The second kappa shape index (κ2) is 10.3. The minimum absolute atomic E-state index is 0.234. The number of hydrogen-bond donors (Lipinski definition) is 1. The quantitative estimate of drug-likeness (QED) is 0.327. The van der Waals surface area contributed by atoms with Crippen LogP contribution in [-0.4, -0.2) is 31.3 Å². The Hall–Kier alpha value is -3.25. The number of carbonyl (C=O) groups is 2. The molecule has 0 heterocycles. The van der Waals surface area contributed by atoms with Crippen LogP contribution < -0.4 is 10.1 Å². The van der Waals surface area contributed by atoms with E-state index in [2.05, 4.69) is 22.2 Å². The molecule has 3 rings (SSSR count). The van der Waals surface area contributed by atoms with Crippen LogP contribution in [0.1, 0.15) is 20.7 Å². The van der Waals surface area contributed by atoms with E-state index in [0.29, 0.717) is 23.4 Å². The molecule has 6 heteroatoms. The summed E-state index contributed by atoms with van der Waals surface area (Å²) >= 11 is 1.74. The summed E-state index contributed by atoms with van der Waals surface area (Å²) in [7, 11) is 1.33. The molecule has 148 valence electrons. The molecule has 0 bridgehead atoms. The van der Waals surface area contributed by atoms with Gasteiger partial charge in [-0.2, -0.15) is 0 Å². The van der Waals surface area contributed by atoms with Crippen molar-refractivity contribution in [2.24, 2.45) is 0 Å². The predicted molar refractivity (Wildman–Crippen MR) is 115 cm³/mol. The highest BCUT2D eigenvalue weighted by atomic mass is 32.2. The standard InChI is InChI=1S/C23H21NO4S/c1-27-23(26)18-7-11-19(12-8-18)24-22(25)17-9-13-20(14-10-17)28-15-16-29-21-5-3-2-4-6-21/h2-14H,15-16H2,1H3,(H,24,25). The monoisotopic (exact) mass is 407 g/mol. The molecule has 0 aliphatic carbocycles. The van der Waals surface area contributed by atoms with Gasteiger partial charge in [-0.25, -0.2) is 4.79 Å². The van der Waals surface area contributed by atoms with Crippen molar-refractivity contribution in [1.29, 1.82) is 0 Å². The normalized spacial score (nSPS) is 10.2. The Morgan fingerprint density at radius 3 is 2.17 bits per heavy atom.